The summed E-state index contributed by atoms with van der Waals surface area (Å²) in [5.41, 5.74) is 2.83. The molecule has 24 heavy (non-hydrogen) atoms. The lowest BCUT2D eigenvalue weighted by Gasteiger charge is -2.03. The fourth-order valence-electron chi connectivity index (χ4n) is 2.37. The van der Waals surface area contributed by atoms with Crippen LogP contribution in [-0.4, -0.2) is 19.4 Å². The molecule has 3 aromatic heterocycles. The van der Waals surface area contributed by atoms with E-state index in [1.807, 2.05) is 12.1 Å². The number of thioether (sulfide) groups is 1. The van der Waals surface area contributed by atoms with Crippen molar-refractivity contribution in [2.24, 2.45) is 0 Å². The highest BCUT2D eigenvalue weighted by atomic mass is 35.5. The largest absolute Gasteiger partial charge is 0.333 e. The Kier molecular flexibility index (Phi) is 3.96. The minimum Gasteiger partial charge on any atom is -0.333 e. The zero-order chi connectivity index (χ0) is 16.7. The molecule has 1 N–H and O–H groups in total. The molecule has 0 atom stereocenters. The number of fused-ring (bicyclic) bond motifs is 2. The second-order valence-corrected chi connectivity index (χ2v) is 6.99. The smallest absolute Gasteiger partial charge is 0.258 e. The van der Waals surface area contributed by atoms with Crippen LogP contribution < -0.4 is 5.56 Å². The molecule has 3 heterocycles. The summed E-state index contributed by atoms with van der Waals surface area (Å²) in [6.45, 7) is 0. The third kappa shape index (κ3) is 3.00. The van der Waals surface area contributed by atoms with Gasteiger partial charge in [0, 0.05) is 23.0 Å². The summed E-state index contributed by atoms with van der Waals surface area (Å²) in [5.74, 6) is 0.530. The lowest BCUT2D eigenvalue weighted by atomic mass is 10.3. The summed E-state index contributed by atoms with van der Waals surface area (Å²) in [6.07, 6.45) is 1.56. The van der Waals surface area contributed by atoms with Crippen molar-refractivity contribution >= 4 is 51.6 Å². The minimum atomic E-state index is -0.158. The second-order valence-electron chi connectivity index (χ2n) is 5.15. The molecule has 0 spiro atoms. The topological polar surface area (TPSA) is 63.0 Å². The van der Waals surface area contributed by atoms with Crippen molar-refractivity contribution in [3.8, 4) is 0 Å². The summed E-state index contributed by atoms with van der Waals surface area (Å²) in [7, 11) is 0. The number of aromatic nitrogens is 4. The molecule has 1 aromatic carbocycles. The van der Waals surface area contributed by atoms with E-state index < -0.39 is 0 Å². The average Bonchev–Trinajstić information content (AvgIpc) is 2.95. The summed E-state index contributed by atoms with van der Waals surface area (Å²) >= 11 is 13.4. The molecule has 0 amide bonds. The standard InChI is InChI=1S/C16H10Cl2N4OS/c17-9-1-3-12-13(5-9)21-16(20-12)24-8-11-6-15(23)22-7-10(18)2-4-14(22)19-11/h1-7H,8H2,(H,20,21). The van der Waals surface area contributed by atoms with Gasteiger partial charge in [0.2, 0.25) is 0 Å². The fraction of sp³-hybridized carbons (Fsp3) is 0.0625. The number of hydrogen-bond donors (Lipinski definition) is 1. The van der Waals surface area contributed by atoms with Crippen LogP contribution in [0.1, 0.15) is 5.69 Å². The molecule has 5 nitrogen and oxygen atoms in total. The maximum atomic E-state index is 12.2. The highest BCUT2D eigenvalue weighted by molar-refractivity contribution is 7.98. The number of nitrogens with zero attached hydrogens (tertiary/aromatic N) is 3. The molecule has 8 heteroatoms. The van der Waals surface area contributed by atoms with Gasteiger partial charge in [0.05, 0.1) is 21.7 Å². The van der Waals surface area contributed by atoms with E-state index in [9.17, 15) is 4.79 Å². The molecule has 0 fully saturated rings. The molecule has 0 saturated carbocycles. The Morgan fingerprint density at radius 2 is 1.92 bits per heavy atom. The van der Waals surface area contributed by atoms with E-state index in [-0.39, 0.29) is 5.56 Å². The highest BCUT2D eigenvalue weighted by Gasteiger charge is 2.07. The number of benzene rings is 1. The van der Waals surface area contributed by atoms with Crippen LogP contribution in [0, 0.1) is 0 Å². The van der Waals surface area contributed by atoms with E-state index in [1.54, 1.807) is 24.4 Å². The molecule has 0 aliphatic heterocycles. The van der Waals surface area contributed by atoms with E-state index in [2.05, 4.69) is 15.0 Å². The first kappa shape index (κ1) is 15.5. The maximum absolute atomic E-state index is 12.2. The van der Waals surface area contributed by atoms with Gasteiger partial charge < -0.3 is 4.98 Å². The van der Waals surface area contributed by atoms with Crippen molar-refractivity contribution < 1.29 is 0 Å². The number of rotatable bonds is 3. The van der Waals surface area contributed by atoms with Crippen LogP contribution in [0.5, 0.6) is 0 Å². The minimum absolute atomic E-state index is 0.158. The number of pyridine rings is 1. The van der Waals surface area contributed by atoms with E-state index in [4.69, 9.17) is 23.2 Å². The van der Waals surface area contributed by atoms with Crippen LogP contribution in [0.2, 0.25) is 10.0 Å². The average molecular weight is 377 g/mol. The Morgan fingerprint density at radius 1 is 1.08 bits per heavy atom. The first-order valence-electron chi connectivity index (χ1n) is 7.04. The van der Waals surface area contributed by atoms with Crippen LogP contribution in [-0.2, 0) is 5.75 Å². The van der Waals surface area contributed by atoms with E-state index in [0.29, 0.717) is 27.1 Å². The lowest BCUT2D eigenvalue weighted by Crippen LogP contribution is -2.15. The lowest BCUT2D eigenvalue weighted by molar-refractivity contribution is 1.01. The predicted molar refractivity (Wildman–Crippen MR) is 97.1 cm³/mol. The zero-order valence-electron chi connectivity index (χ0n) is 12.2. The zero-order valence-corrected chi connectivity index (χ0v) is 14.5. The van der Waals surface area contributed by atoms with Crippen molar-refractivity contribution in [1.82, 2.24) is 19.4 Å². The predicted octanol–water partition coefficient (Wildman–Crippen LogP) is 4.17. The van der Waals surface area contributed by atoms with E-state index in [1.165, 1.54) is 22.2 Å². The Balaban J connectivity index is 1.61. The Labute approximate surface area is 150 Å². The van der Waals surface area contributed by atoms with Crippen molar-refractivity contribution in [2.75, 3.05) is 0 Å². The van der Waals surface area contributed by atoms with Gasteiger partial charge in [-0.25, -0.2) is 9.97 Å². The monoisotopic (exact) mass is 376 g/mol. The van der Waals surface area contributed by atoms with Crippen molar-refractivity contribution in [3.05, 3.63) is 68.7 Å². The van der Waals surface area contributed by atoms with Gasteiger partial charge in [-0.05, 0) is 30.3 Å². The molecular weight excluding hydrogens is 367 g/mol. The van der Waals surface area contributed by atoms with Crippen LogP contribution in [0.25, 0.3) is 16.7 Å². The van der Waals surface area contributed by atoms with Crippen molar-refractivity contribution in [1.29, 1.82) is 0 Å². The van der Waals surface area contributed by atoms with Gasteiger partial charge >= 0.3 is 0 Å². The molecular formula is C16H10Cl2N4OS. The normalized spacial score (nSPS) is 11.4. The van der Waals surface area contributed by atoms with Gasteiger partial charge in [-0.3, -0.25) is 9.20 Å². The number of aromatic amines is 1. The summed E-state index contributed by atoms with van der Waals surface area (Å²) in [6, 6.07) is 10.4. The van der Waals surface area contributed by atoms with Crippen molar-refractivity contribution in [3.63, 3.8) is 0 Å². The second kappa shape index (κ2) is 6.12. The molecule has 0 saturated heterocycles. The molecule has 0 aliphatic carbocycles. The molecule has 0 aliphatic rings. The SMILES string of the molecule is O=c1cc(CSc2nc3ccc(Cl)cc3[nH]2)nc2ccc(Cl)cn12. The van der Waals surface area contributed by atoms with E-state index in [0.717, 1.165) is 16.2 Å². The first-order chi connectivity index (χ1) is 11.6. The highest BCUT2D eigenvalue weighted by Crippen LogP contribution is 2.24. The summed E-state index contributed by atoms with van der Waals surface area (Å²) in [4.78, 5) is 24.3. The Morgan fingerprint density at radius 3 is 2.79 bits per heavy atom. The molecule has 0 unspecified atom stereocenters. The number of nitrogens with one attached hydrogen (secondary N) is 1. The van der Waals surface area contributed by atoms with Gasteiger partial charge in [0.15, 0.2) is 5.16 Å². The summed E-state index contributed by atoms with van der Waals surface area (Å²) in [5, 5.41) is 1.91. The van der Waals surface area contributed by atoms with Gasteiger partial charge in [0.1, 0.15) is 5.65 Å². The number of hydrogen-bond acceptors (Lipinski definition) is 4. The van der Waals surface area contributed by atoms with Gasteiger partial charge in [-0.1, -0.05) is 35.0 Å². The molecule has 4 rings (SSSR count). The fourth-order valence-corrected chi connectivity index (χ4v) is 3.48. The van der Waals surface area contributed by atoms with Crippen LogP contribution >= 0.6 is 35.0 Å². The number of imidazole rings is 1. The van der Waals surface area contributed by atoms with Gasteiger partial charge in [-0.15, -0.1) is 0 Å². The third-order valence-corrected chi connectivity index (χ3v) is 4.82. The van der Waals surface area contributed by atoms with E-state index >= 15 is 0 Å². The molecule has 0 bridgehead atoms. The molecule has 120 valence electrons. The van der Waals surface area contributed by atoms with Gasteiger partial charge in [0.25, 0.3) is 5.56 Å². The van der Waals surface area contributed by atoms with Crippen LogP contribution in [0.15, 0.2) is 52.5 Å². The van der Waals surface area contributed by atoms with Crippen LogP contribution in [0.3, 0.4) is 0 Å². The number of halogens is 2. The first-order valence-corrected chi connectivity index (χ1v) is 8.78. The van der Waals surface area contributed by atoms with Gasteiger partial charge in [-0.2, -0.15) is 0 Å². The molecule has 0 radical (unpaired) electrons. The quantitative estimate of drug-likeness (QED) is 0.545. The summed E-state index contributed by atoms with van der Waals surface area (Å²) < 4.78 is 1.43. The Bertz CT molecular complexity index is 1120. The maximum Gasteiger partial charge on any atom is 0.258 e. The third-order valence-electron chi connectivity index (χ3n) is 3.46. The van der Waals surface area contributed by atoms with Crippen molar-refractivity contribution in [2.45, 2.75) is 10.9 Å². The molecule has 4 aromatic rings. The number of H-pyrrole nitrogens is 1. The van der Waals surface area contributed by atoms with Crippen LogP contribution in [0.4, 0.5) is 0 Å². The Hall–Kier alpha value is -2.02.